The van der Waals surface area contributed by atoms with Crippen molar-refractivity contribution in [1.82, 2.24) is 0 Å². The van der Waals surface area contributed by atoms with Crippen LogP contribution in [0.5, 0.6) is 0 Å². The Hall–Kier alpha value is -3.69. The second kappa shape index (κ2) is 12.1. The van der Waals surface area contributed by atoms with Crippen LogP contribution in [0.4, 0.5) is 0 Å². The summed E-state index contributed by atoms with van der Waals surface area (Å²) in [6.07, 6.45) is -0.135. The first kappa shape index (κ1) is 27.3. The summed E-state index contributed by atoms with van der Waals surface area (Å²) in [5.74, 6) is -5.61. The number of carboxylic acids is 2. The van der Waals surface area contributed by atoms with Gasteiger partial charge in [0.1, 0.15) is 19.8 Å². The molecule has 10 nitrogen and oxygen atoms in total. The fourth-order valence-electron chi connectivity index (χ4n) is 2.05. The third kappa shape index (κ3) is 10.1. The zero-order valence-electron chi connectivity index (χ0n) is 17.7. The molecule has 0 aliphatic rings. The Bertz CT molecular complexity index is 757. The first-order valence-corrected chi connectivity index (χ1v) is 8.85. The van der Waals surface area contributed by atoms with E-state index in [-0.39, 0.29) is 16.7 Å². The van der Waals surface area contributed by atoms with Crippen LogP contribution in [0.25, 0.3) is 0 Å². The maximum Gasteiger partial charge on any atom is 0.333 e. The monoisotopic (exact) mass is 438 g/mol. The topological polar surface area (TPSA) is 154 Å². The zero-order chi connectivity index (χ0) is 24.4. The van der Waals surface area contributed by atoms with Crippen LogP contribution >= 0.6 is 0 Å². The molecule has 0 aromatic rings. The van der Waals surface area contributed by atoms with Gasteiger partial charge in [-0.1, -0.05) is 19.7 Å². The van der Waals surface area contributed by atoms with Crippen LogP contribution < -0.4 is 0 Å². The average molecular weight is 438 g/mol. The molecule has 0 spiro atoms. The molecule has 0 aromatic carbocycles. The van der Waals surface area contributed by atoms with E-state index in [1.165, 1.54) is 20.8 Å². The van der Waals surface area contributed by atoms with Gasteiger partial charge in [0.05, 0.1) is 5.41 Å². The Labute approximate surface area is 179 Å². The van der Waals surface area contributed by atoms with Crippen molar-refractivity contribution >= 4 is 29.8 Å². The SMILES string of the molecule is C=C(C)C(=O)OCC(COC(=O)C(=C)C)(COC(=O)C(=C)C)C/C(=C/C(=O)O)C(=O)O. The number of carbonyl (C=O) groups excluding carboxylic acids is 3. The lowest BCUT2D eigenvalue weighted by atomic mass is 9.83. The lowest BCUT2D eigenvalue weighted by molar-refractivity contribution is -0.157. The summed E-state index contributed by atoms with van der Waals surface area (Å²) in [5.41, 5.74) is -2.12. The molecular weight excluding hydrogens is 412 g/mol. The zero-order valence-corrected chi connectivity index (χ0v) is 17.7. The third-order valence-electron chi connectivity index (χ3n) is 3.71. The number of carbonyl (C=O) groups is 5. The maximum atomic E-state index is 11.9. The van der Waals surface area contributed by atoms with E-state index in [9.17, 15) is 29.1 Å². The number of ether oxygens (including phenoxy) is 3. The Morgan fingerprint density at radius 1 is 0.742 bits per heavy atom. The summed E-state index contributed by atoms with van der Waals surface area (Å²) in [7, 11) is 0. The van der Waals surface area contributed by atoms with Gasteiger partial charge in [0, 0.05) is 28.4 Å². The third-order valence-corrected chi connectivity index (χ3v) is 3.71. The molecule has 0 fully saturated rings. The molecule has 0 saturated heterocycles. The number of hydrogen-bond donors (Lipinski definition) is 2. The molecular formula is C21H26O10. The largest absolute Gasteiger partial charge is 0.478 e. The first-order valence-electron chi connectivity index (χ1n) is 8.85. The lowest BCUT2D eigenvalue weighted by Gasteiger charge is -2.32. The molecule has 0 heterocycles. The molecule has 170 valence electrons. The Morgan fingerprint density at radius 2 is 1.06 bits per heavy atom. The minimum atomic E-state index is -1.62. The molecule has 0 atom stereocenters. The van der Waals surface area contributed by atoms with Gasteiger partial charge in [0.15, 0.2) is 0 Å². The number of hydrogen-bond acceptors (Lipinski definition) is 8. The molecule has 0 radical (unpaired) electrons. The summed E-state index contributed by atoms with van der Waals surface area (Å²) in [4.78, 5) is 58.3. The Balaban J connectivity index is 6.19. The second-order valence-electron chi connectivity index (χ2n) is 7.06. The van der Waals surface area contributed by atoms with Crippen molar-refractivity contribution in [2.24, 2.45) is 5.41 Å². The van der Waals surface area contributed by atoms with Crippen LogP contribution in [0.15, 0.2) is 48.1 Å². The Morgan fingerprint density at radius 3 is 1.29 bits per heavy atom. The van der Waals surface area contributed by atoms with E-state index in [4.69, 9.17) is 19.3 Å². The van der Waals surface area contributed by atoms with Gasteiger partial charge in [-0.15, -0.1) is 0 Å². The molecule has 0 bridgehead atoms. The highest BCUT2D eigenvalue weighted by Gasteiger charge is 2.38. The summed E-state index contributed by atoms with van der Waals surface area (Å²) in [6.45, 7) is 12.7. The molecule has 10 heteroatoms. The molecule has 0 aliphatic heterocycles. The number of aliphatic carboxylic acids is 2. The van der Waals surface area contributed by atoms with Crippen molar-refractivity contribution in [3.05, 3.63) is 48.1 Å². The fraction of sp³-hybridized carbons (Fsp3) is 0.381. The Kier molecular flexibility index (Phi) is 10.7. The fourth-order valence-corrected chi connectivity index (χ4v) is 2.05. The van der Waals surface area contributed by atoms with E-state index in [2.05, 4.69) is 19.7 Å². The van der Waals surface area contributed by atoms with E-state index < -0.39 is 67.1 Å². The quantitative estimate of drug-likeness (QED) is 0.247. The molecule has 2 N–H and O–H groups in total. The van der Waals surface area contributed by atoms with Gasteiger partial charge >= 0.3 is 29.8 Å². The van der Waals surface area contributed by atoms with Gasteiger partial charge in [0.2, 0.25) is 0 Å². The van der Waals surface area contributed by atoms with E-state index in [0.717, 1.165) is 0 Å². The van der Waals surface area contributed by atoms with Crippen molar-refractivity contribution in [3.63, 3.8) is 0 Å². The number of esters is 3. The molecule has 0 aliphatic carbocycles. The molecule has 0 aromatic heterocycles. The summed E-state index contributed by atoms with van der Waals surface area (Å²) >= 11 is 0. The number of carboxylic acid groups (broad SMARTS) is 2. The van der Waals surface area contributed by atoms with Gasteiger partial charge in [0.25, 0.3) is 0 Å². The standard InChI is InChI=1S/C21H26O10/c1-12(2)18(26)29-9-21(10-30-19(27)13(3)4,11-31-20(28)14(5)6)8-15(17(24)25)7-16(22)23/h7H,1,3,5,8-11H2,2,4,6H3,(H,22,23)(H,24,25)/b15-7-. The highest BCUT2D eigenvalue weighted by molar-refractivity contribution is 5.94. The van der Waals surface area contributed by atoms with Crippen molar-refractivity contribution in [2.75, 3.05) is 19.8 Å². The van der Waals surface area contributed by atoms with Crippen molar-refractivity contribution in [1.29, 1.82) is 0 Å². The number of rotatable bonds is 13. The molecule has 0 amide bonds. The normalized spacial score (nSPS) is 11.1. The average Bonchev–Trinajstić information content (AvgIpc) is 2.66. The van der Waals surface area contributed by atoms with E-state index in [1.807, 2.05) is 0 Å². The first-order chi connectivity index (χ1) is 14.2. The van der Waals surface area contributed by atoms with Crippen LogP contribution in [-0.4, -0.2) is 59.9 Å². The molecule has 31 heavy (non-hydrogen) atoms. The second-order valence-corrected chi connectivity index (χ2v) is 7.06. The van der Waals surface area contributed by atoms with Gasteiger partial charge in [-0.2, -0.15) is 0 Å². The van der Waals surface area contributed by atoms with Crippen LogP contribution in [0.1, 0.15) is 27.2 Å². The van der Waals surface area contributed by atoms with E-state index in [1.54, 1.807) is 0 Å². The molecule has 0 rings (SSSR count). The van der Waals surface area contributed by atoms with Crippen molar-refractivity contribution < 1.29 is 48.4 Å². The minimum Gasteiger partial charge on any atom is -0.478 e. The van der Waals surface area contributed by atoms with E-state index in [0.29, 0.717) is 6.08 Å². The van der Waals surface area contributed by atoms with Gasteiger partial charge in [-0.3, -0.25) is 0 Å². The molecule has 0 unspecified atom stereocenters. The highest BCUT2D eigenvalue weighted by Crippen LogP contribution is 2.30. The summed E-state index contributed by atoms with van der Waals surface area (Å²) < 4.78 is 15.3. The van der Waals surface area contributed by atoms with Gasteiger partial charge < -0.3 is 24.4 Å². The predicted molar refractivity (Wildman–Crippen MR) is 108 cm³/mol. The summed E-state index contributed by atoms with van der Waals surface area (Å²) in [5, 5.41) is 18.4. The van der Waals surface area contributed by atoms with Crippen LogP contribution in [0.2, 0.25) is 0 Å². The smallest absolute Gasteiger partial charge is 0.333 e. The van der Waals surface area contributed by atoms with Crippen LogP contribution in [-0.2, 0) is 38.2 Å². The highest BCUT2D eigenvalue weighted by atomic mass is 16.6. The van der Waals surface area contributed by atoms with Crippen molar-refractivity contribution in [3.8, 4) is 0 Å². The van der Waals surface area contributed by atoms with Crippen molar-refractivity contribution in [2.45, 2.75) is 27.2 Å². The van der Waals surface area contributed by atoms with Gasteiger partial charge in [-0.05, 0) is 27.2 Å². The lowest BCUT2D eigenvalue weighted by Crippen LogP contribution is -2.41. The molecule has 0 saturated carbocycles. The van der Waals surface area contributed by atoms with Crippen LogP contribution in [0.3, 0.4) is 0 Å². The predicted octanol–water partition coefficient (Wildman–Crippen LogP) is 1.82. The minimum absolute atomic E-state index is 0.0336. The summed E-state index contributed by atoms with van der Waals surface area (Å²) in [6, 6.07) is 0. The van der Waals surface area contributed by atoms with Gasteiger partial charge in [-0.25, -0.2) is 24.0 Å². The van der Waals surface area contributed by atoms with Crippen LogP contribution in [0, 0.1) is 5.41 Å². The van der Waals surface area contributed by atoms with E-state index >= 15 is 0 Å². The maximum absolute atomic E-state index is 11.9.